The van der Waals surface area contributed by atoms with Gasteiger partial charge in [-0.3, -0.25) is 0 Å². The summed E-state index contributed by atoms with van der Waals surface area (Å²) in [6.07, 6.45) is 2.07. The van der Waals surface area contributed by atoms with Crippen LogP contribution >= 0.6 is 15.9 Å². The fraction of sp³-hybridized carbons (Fsp3) is 0.125. The largest absolute Gasteiger partial charge is 0.343 e. The van der Waals surface area contributed by atoms with Crippen LogP contribution in [-0.2, 0) is 6.54 Å². The molecular formula is C16H13BrFN. The molecule has 1 aromatic heterocycles. The highest BCUT2D eigenvalue weighted by molar-refractivity contribution is 9.10. The van der Waals surface area contributed by atoms with Crippen molar-refractivity contribution in [3.05, 3.63) is 70.1 Å². The van der Waals surface area contributed by atoms with Crippen LogP contribution in [0.2, 0.25) is 0 Å². The van der Waals surface area contributed by atoms with Crippen LogP contribution in [0.4, 0.5) is 4.39 Å². The lowest BCUT2D eigenvalue weighted by Gasteiger charge is -2.08. The molecule has 3 rings (SSSR count). The van der Waals surface area contributed by atoms with Crippen LogP contribution in [0, 0.1) is 12.7 Å². The molecule has 19 heavy (non-hydrogen) atoms. The molecule has 2 aromatic carbocycles. The number of benzene rings is 2. The molecule has 1 nitrogen and oxygen atoms in total. The Labute approximate surface area is 119 Å². The van der Waals surface area contributed by atoms with Crippen molar-refractivity contribution in [1.29, 1.82) is 0 Å². The van der Waals surface area contributed by atoms with Crippen molar-refractivity contribution in [2.45, 2.75) is 13.5 Å². The first kappa shape index (κ1) is 12.4. The van der Waals surface area contributed by atoms with Crippen molar-refractivity contribution in [3.63, 3.8) is 0 Å². The van der Waals surface area contributed by atoms with Crippen LogP contribution in [0.15, 0.2) is 53.1 Å². The van der Waals surface area contributed by atoms with Gasteiger partial charge < -0.3 is 4.57 Å². The van der Waals surface area contributed by atoms with Crippen molar-refractivity contribution in [2.24, 2.45) is 0 Å². The van der Waals surface area contributed by atoms with Gasteiger partial charge in [-0.1, -0.05) is 33.6 Å². The van der Waals surface area contributed by atoms with E-state index in [4.69, 9.17) is 0 Å². The van der Waals surface area contributed by atoms with Crippen LogP contribution in [-0.4, -0.2) is 4.57 Å². The monoisotopic (exact) mass is 317 g/mol. The quantitative estimate of drug-likeness (QED) is 0.633. The van der Waals surface area contributed by atoms with Crippen molar-refractivity contribution >= 4 is 26.8 Å². The van der Waals surface area contributed by atoms with Crippen LogP contribution in [0.3, 0.4) is 0 Å². The summed E-state index contributed by atoms with van der Waals surface area (Å²) in [7, 11) is 0. The Morgan fingerprint density at radius 3 is 2.74 bits per heavy atom. The van der Waals surface area contributed by atoms with E-state index in [2.05, 4.69) is 57.9 Å². The van der Waals surface area contributed by atoms with Crippen LogP contribution in [0.25, 0.3) is 10.9 Å². The lowest BCUT2D eigenvalue weighted by Crippen LogP contribution is -1.99. The summed E-state index contributed by atoms with van der Waals surface area (Å²) in [5, 5.41) is 1.23. The number of fused-ring (bicyclic) bond motifs is 1. The molecule has 0 spiro atoms. The van der Waals surface area contributed by atoms with Gasteiger partial charge in [0.15, 0.2) is 0 Å². The van der Waals surface area contributed by atoms with E-state index in [-0.39, 0.29) is 5.82 Å². The summed E-state index contributed by atoms with van der Waals surface area (Å²) in [6.45, 7) is 2.82. The molecule has 0 fully saturated rings. The molecule has 0 N–H and O–H groups in total. The molecule has 0 unspecified atom stereocenters. The van der Waals surface area contributed by atoms with E-state index in [1.165, 1.54) is 28.6 Å². The summed E-state index contributed by atoms with van der Waals surface area (Å²) in [5.74, 6) is -0.219. The second-order valence-corrected chi connectivity index (χ2v) is 5.60. The van der Waals surface area contributed by atoms with E-state index < -0.39 is 0 Å². The topological polar surface area (TPSA) is 4.93 Å². The Morgan fingerprint density at radius 1 is 1.11 bits per heavy atom. The van der Waals surface area contributed by atoms with Gasteiger partial charge in [0.25, 0.3) is 0 Å². The maximum absolute atomic E-state index is 13.1. The molecule has 3 heteroatoms. The minimum atomic E-state index is -0.219. The predicted molar refractivity (Wildman–Crippen MR) is 79.9 cm³/mol. The molecule has 0 bridgehead atoms. The average molecular weight is 318 g/mol. The summed E-state index contributed by atoms with van der Waals surface area (Å²) in [5.41, 5.74) is 3.52. The van der Waals surface area contributed by atoms with Crippen LogP contribution in [0.1, 0.15) is 11.1 Å². The fourth-order valence-electron chi connectivity index (χ4n) is 2.29. The summed E-state index contributed by atoms with van der Waals surface area (Å²) in [4.78, 5) is 0. The summed E-state index contributed by atoms with van der Waals surface area (Å²) in [6, 6.07) is 13.3. The molecule has 0 saturated heterocycles. The number of aryl methyl sites for hydroxylation is 1. The Hall–Kier alpha value is -1.61. The van der Waals surface area contributed by atoms with Crippen molar-refractivity contribution in [2.75, 3.05) is 0 Å². The van der Waals surface area contributed by atoms with Gasteiger partial charge in [0.2, 0.25) is 0 Å². The lowest BCUT2D eigenvalue weighted by atomic mass is 10.2. The van der Waals surface area contributed by atoms with Gasteiger partial charge >= 0.3 is 0 Å². The zero-order valence-corrected chi connectivity index (χ0v) is 12.1. The third kappa shape index (κ3) is 2.43. The number of nitrogens with zero attached hydrogens (tertiary/aromatic N) is 1. The SMILES string of the molecule is Cc1ccc2c(ccn2Cc2ccc(F)cc2Br)c1. The Balaban J connectivity index is 2.01. The van der Waals surface area contributed by atoms with Gasteiger partial charge in [-0.05, 0) is 48.2 Å². The van der Waals surface area contributed by atoms with Crippen LogP contribution in [0.5, 0.6) is 0 Å². The lowest BCUT2D eigenvalue weighted by molar-refractivity contribution is 0.625. The second kappa shape index (κ2) is 4.82. The first-order chi connectivity index (χ1) is 9.13. The number of hydrogen-bond acceptors (Lipinski definition) is 0. The van der Waals surface area contributed by atoms with E-state index in [9.17, 15) is 4.39 Å². The number of aromatic nitrogens is 1. The third-order valence-electron chi connectivity index (χ3n) is 3.28. The van der Waals surface area contributed by atoms with E-state index in [0.717, 1.165) is 16.6 Å². The summed E-state index contributed by atoms with van der Waals surface area (Å²) >= 11 is 3.42. The molecule has 0 aliphatic rings. The zero-order chi connectivity index (χ0) is 13.4. The Bertz CT molecular complexity index is 746. The van der Waals surface area contributed by atoms with Crippen molar-refractivity contribution in [1.82, 2.24) is 4.57 Å². The third-order valence-corrected chi connectivity index (χ3v) is 4.02. The van der Waals surface area contributed by atoms with Gasteiger partial charge in [-0.15, -0.1) is 0 Å². The van der Waals surface area contributed by atoms with Crippen molar-refractivity contribution in [3.8, 4) is 0 Å². The highest BCUT2D eigenvalue weighted by Gasteiger charge is 2.05. The molecule has 0 atom stereocenters. The molecule has 1 heterocycles. The van der Waals surface area contributed by atoms with Gasteiger partial charge in [0.1, 0.15) is 5.82 Å². The highest BCUT2D eigenvalue weighted by Crippen LogP contribution is 2.23. The van der Waals surface area contributed by atoms with E-state index in [1.807, 2.05) is 6.07 Å². The van der Waals surface area contributed by atoms with Gasteiger partial charge in [-0.2, -0.15) is 0 Å². The van der Waals surface area contributed by atoms with Gasteiger partial charge in [0.05, 0.1) is 0 Å². The molecule has 0 aliphatic heterocycles. The number of halogens is 2. The predicted octanol–water partition coefficient (Wildman–Crippen LogP) is 4.90. The minimum absolute atomic E-state index is 0.219. The zero-order valence-electron chi connectivity index (χ0n) is 10.5. The number of hydrogen-bond donors (Lipinski definition) is 0. The van der Waals surface area contributed by atoms with Crippen LogP contribution < -0.4 is 0 Å². The van der Waals surface area contributed by atoms with E-state index in [1.54, 1.807) is 0 Å². The maximum Gasteiger partial charge on any atom is 0.124 e. The highest BCUT2D eigenvalue weighted by atomic mass is 79.9. The first-order valence-electron chi connectivity index (χ1n) is 6.13. The molecule has 3 aromatic rings. The molecule has 96 valence electrons. The Morgan fingerprint density at radius 2 is 1.95 bits per heavy atom. The standard InChI is InChI=1S/C16H13BrFN/c1-11-2-5-16-12(8-11)6-7-19(16)10-13-3-4-14(18)9-15(13)17/h2-9H,10H2,1H3. The maximum atomic E-state index is 13.1. The minimum Gasteiger partial charge on any atom is -0.343 e. The molecule has 0 amide bonds. The molecular weight excluding hydrogens is 305 g/mol. The van der Waals surface area contributed by atoms with E-state index in [0.29, 0.717) is 0 Å². The fourth-order valence-corrected chi connectivity index (χ4v) is 2.77. The normalized spacial score (nSPS) is 11.1. The second-order valence-electron chi connectivity index (χ2n) is 4.74. The van der Waals surface area contributed by atoms with E-state index >= 15 is 0 Å². The molecule has 0 saturated carbocycles. The number of rotatable bonds is 2. The van der Waals surface area contributed by atoms with Gasteiger partial charge in [0, 0.05) is 22.7 Å². The average Bonchev–Trinajstić information content (AvgIpc) is 2.75. The van der Waals surface area contributed by atoms with Gasteiger partial charge in [-0.25, -0.2) is 4.39 Å². The smallest absolute Gasteiger partial charge is 0.124 e. The van der Waals surface area contributed by atoms with Crippen molar-refractivity contribution < 1.29 is 4.39 Å². The molecule has 0 aliphatic carbocycles. The Kier molecular flexibility index (Phi) is 3.15. The molecule has 0 radical (unpaired) electrons. The summed E-state index contributed by atoms with van der Waals surface area (Å²) < 4.78 is 16.1. The first-order valence-corrected chi connectivity index (χ1v) is 6.92.